The van der Waals surface area contributed by atoms with Crippen molar-refractivity contribution in [3.8, 4) is 0 Å². The molecule has 106 valence electrons. The van der Waals surface area contributed by atoms with E-state index in [1.165, 1.54) is 0 Å². The first kappa shape index (κ1) is 14.2. The van der Waals surface area contributed by atoms with Crippen molar-refractivity contribution in [1.29, 1.82) is 0 Å². The maximum absolute atomic E-state index is 11.6. The zero-order chi connectivity index (χ0) is 14.7. The van der Waals surface area contributed by atoms with Gasteiger partial charge in [0.15, 0.2) is 0 Å². The molecule has 7 heteroatoms. The lowest BCUT2D eigenvalue weighted by atomic mass is 10.1. The Hall–Kier alpha value is -2.25. The van der Waals surface area contributed by atoms with Gasteiger partial charge in [0.1, 0.15) is 0 Å². The molecule has 3 amide bonds. The molecule has 1 aliphatic rings. The Kier molecular flexibility index (Phi) is 4.11. The summed E-state index contributed by atoms with van der Waals surface area (Å²) in [6.07, 6.45) is 0. The fraction of sp³-hybridized carbons (Fsp3) is 0.308. The minimum Gasteiger partial charge on any atom is -0.294 e. The Morgan fingerprint density at radius 2 is 2.25 bits per heavy atom. The summed E-state index contributed by atoms with van der Waals surface area (Å²) in [6.45, 7) is 2.30. The average Bonchev–Trinajstić information content (AvgIpc) is 2.43. The highest BCUT2D eigenvalue weighted by Gasteiger charge is 2.29. The third kappa shape index (κ3) is 3.01. The van der Waals surface area contributed by atoms with Gasteiger partial charge in [-0.15, -0.1) is 0 Å². The van der Waals surface area contributed by atoms with Gasteiger partial charge < -0.3 is 0 Å². The minimum absolute atomic E-state index is 0.153. The predicted molar refractivity (Wildman–Crippen MR) is 71.1 cm³/mol. The first-order chi connectivity index (χ1) is 9.51. The topological polar surface area (TPSA) is 105 Å². The molecule has 1 aromatic carbocycles. The summed E-state index contributed by atoms with van der Waals surface area (Å²) in [6, 6.07) is 6.50. The van der Waals surface area contributed by atoms with Crippen molar-refractivity contribution in [3.05, 3.63) is 35.4 Å². The lowest BCUT2D eigenvalue weighted by molar-refractivity contribution is -0.139. The zero-order valence-electron chi connectivity index (χ0n) is 11.1. The van der Waals surface area contributed by atoms with Gasteiger partial charge >= 0.3 is 0 Å². The fourth-order valence-corrected chi connectivity index (χ4v) is 2.09. The Bertz CT molecular complexity index is 558. The van der Waals surface area contributed by atoms with Gasteiger partial charge in [0.2, 0.25) is 11.8 Å². The Morgan fingerprint density at radius 1 is 1.50 bits per heavy atom. The molecule has 1 saturated heterocycles. The normalized spacial score (nSPS) is 19.6. The van der Waals surface area contributed by atoms with Crippen LogP contribution in [0.3, 0.4) is 0 Å². The standard InChI is InChI=1S/C13H16N4O3/c1-8-12(19)15-11(18)7-17(8)6-9-3-2-4-10(5-9)13(20)16-14/h2-5,8H,6-7,14H2,1H3,(H,16,20)(H,15,18,19). The van der Waals surface area contributed by atoms with Gasteiger partial charge in [-0.25, -0.2) is 5.84 Å². The first-order valence-electron chi connectivity index (χ1n) is 6.19. The Labute approximate surface area is 116 Å². The van der Waals surface area contributed by atoms with Crippen LogP contribution in [0.5, 0.6) is 0 Å². The molecule has 2 rings (SSSR count). The van der Waals surface area contributed by atoms with Crippen LogP contribution >= 0.6 is 0 Å². The lowest BCUT2D eigenvalue weighted by Crippen LogP contribution is -2.56. The number of nitrogens with one attached hydrogen (secondary N) is 2. The first-order valence-corrected chi connectivity index (χ1v) is 6.19. The molecule has 1 aromatic rings. The van der Waals surface area contributed by atoms with Gasteiger partial charge in [-0.2, -0.15) is 0 Å². The third-order valence-electron chi connectivity index (χ3n) is 3.24. The lowest BCUT2D eigenvalue weighted by Gasteiger charge is -2.31. The second-order valence-corrected chi connectivity index (χ2v) is 4.67. The van der Waals surface area contributed by atoms with Crippen LogP contribution in [0.2, 0.25) is 0 Å². The average molecular weight is 276 g/mol. The van der Waals surface area contributed by atoms with E-state index in [0.29, 0.717) is 12.1 Å². The number of hydrogen-bond acceptors (Lipinski definition) is 5. The number of hydrazine groups is 1. The van der Waals surface area contributed by atoms with Gasteiger partial charge in [-0.05, 0) is 24.6 Å². The summed E-state index contributed by atoms with van der Waals surface area (Å²) in [7, 11) is 0. The van der Waals surface area contributed by atoms with Crippen molar-refractivity contribution >= 4 is 17.7 Å². The van der Waals surface area contributed by atoms with E-state index in [4.69, 9.17) is 5.84 Å². The van der Waals surface area contributed by atoms with Crippen molar-refractivity contribution < 1.29 is 14.4 Å². The van der Waals surface area contributed by atoms with E-state index in [9.17, 15) is 14.4 Å². The van der Waals surface area contributed by atoms with Crippen LogP contribution in [0.1, 0.15) is 22.8 Å². The molecule has 0 saturated carbocycles. The van der Waals surface area contributed by atoms with Gasteiger partial charge in [0.25, 0.3) is 5.91 Å². The highest BCUT2D eigenvalue weighted by atomic mass is 16.2. The van der Waals surface area contributed by atoms with Crippen LogP contribution < -0.4 is 16.6 Å². The van der Waals surface area contributed by atoms with Crippen molar-refractivity contribution in [1.82, 2.24) is 15.6 Å². The molecule has 1 fully saturated rings. The van der Waals surface area contributed by atoms with Crippen LogP contribution in [0.15, 0.2) is 24.3 Å². The number of nitrogens with zero attached hydrogens (tertiary/aromatic N) is 1. The zero-order valence-corrected chi connectivity index (χ0v) is 11.1. The van der Waals surface area contributed by atoms with E-state index in [1.54, 1.807) is 30.0 Å². The van der Waals surface area contributed by atoms with Crippen LogP contribution in [-0.2, 0) is 16.1 Å². The highest BCUT2D eigenvalue weighted by molar-refractivity contribution is 6.00. The van der Waals surface area contributed by atoms with Crippen LogP contribution in [0.25, 0.3) is 0 Å². The second-order valence-electron chi connectivity index (χ2n) is 4.67. The van der Waals surface area contributed by atoms with Crippen molar-refractivity contribution in [3.63, 3.8) is 0 Å². The van der Waals surface area contributed by atoms with Crippen LogP contribution in [-0.4, -0.2) is 35.2 Å². The maximum atomic E-state index is 11.6. The van der Waals surface area contributed by atoms with E-state index >= 15 is 0 Å². The summed E-state index contributed by atoms with van der Waals surface area (Å²) < 4.78 is 0. The quantitative estimate of drug-likeness (QED) is 0.288. The number of rotatable bonds is 3. The van der Waals surface area contributed by atoms with Crippen molar-refractivity contribution in [2.45, 2.75) is 19.5 Å². The summed E-state index contributed by atoms with van der Waals surface area (Å²) >= 11 is 0. The number of hydrogen-bond donors (Lipinski definition) is 3. The van der Waals surface area contributed by atoms with E-state index in [0.717, 1.165) is 5.56 Å². The van der Waals surface area contributed by atoms with Gasteiger partial charge in [0, 0.05) is 12.1 Å². The van der Waals surface area contributed by atoms with E-state index < -0.39 is 0 Å². The molecule has 0 spiro atoms. The van der Waals surface area contributed by atoms with Gasteiger partial charge in [0.05, 0.1) is 12.6 Å². The number of piperazine rings is 1. The Morgan fingerprint density at radius 3 is 2.95 bits per heavy atom. The van der Waals surface area contributed by atoms with Crippen molar-refractivity contribution in [2.75, 3.05) is 6.54 Å². The summed E-state index contributed by atoms with van der Waals surface area (Å²) in [5.74, 6) is 4.08. The van der Waals surface area contributed by atoms with Crippen LogP contribution in [0, 0.1) is 0 Å². The molecule has 0 aliphatic carbocycles. The molecular weight excluding hydrogens is 260 g/mol. The number of imide groups is 1. The molecule has 1 unspecified atom stereocenters. The third-order valence-corrected chi connectivity index (χ3v) is 3.24. The molecule has 20 heavy (non-hydrogen) atoms. The smallest absolute Gasteiger partial charge is 0.265 e. The van der Waals surface area contributed by atoms with Gasteiger partial charge in [-0.3, -0.25) is 30.0 Å². The molecular formula is C13H16N4O3. The predicted octanol–water partition coefficient (Wildman–Crippen LogP) is -0.863. The van der Waals surface area contributed by atoms with E-state index in [2.05, 4.69) is 10.7 Å². The largest absolute Gasteiger partial charge is 0.294 e. The number of amides is 3. The minimum atomic E-state index is -0.389. The summed E-state index contributed by atoms with van der Waals surface area (Å²) in [4.78, 5) is 36.2. The maximum Gasteiger partial charge on any atom is 0.265 e. The molecule has 4 N–H and O–H groups in total. The second kappa shape index (κ2) is 5.81. The van der Waals surface area contributed by atoms with Crippen molar-refractivity contribution in [2.24, 2.45) is 5.84 Å². The summed E-state index contributed by atoms with van der Waals surface area (Å²) in [5.41, 5.74) is 3.33. The SMILES string of the molecule is CC1C(=O)NC(=O)CN1Cc1cccc(C(=O)NN)c1. The molecule has 1 aliphatic heterocycles. The number of carbonyl (C=O) groups excluding carboxylic acids is 3. The van der Waals surface area contributed by atoms with Gasteiger partial charge in [-0.1, -0.05) is 12.1 Å². The number of nitrogens with two attached hydrogens (primary N) is 1. The molecule has 1 heterocycles. The molecule has 0 bridgehead atoms. The highest BCUT2D eigenvalue weighted by Crippen LogP contribution is 2.13. The fourth-order valence-electron chi connectivity index (χ4n) is 2.09. The Balaban J connectivity index is 2.15. The number of carbonyl (C=O) groups is 3. The number of nitrogen functional groups attached to an aromatic ring is 1. The summed E-state index contributed by atoms with van der Waals surface area (Å²) in [5, 5.41) is 2.28. The van der Waals surface area contributed by atoms with E-state index in [-0.39, 0.29) is 30.3 Å². The molecule has 1 atom stereocenters. The number of benzene rings is 1. The van der Waals surface area contributed by atoms with Crippen LogP contribution in [0.4, 0.5) is 0 Å². The molecule has 0 radical (unpaired) electrons. The molecule has 0 aromatic heterocycles. The monoisotopic (exact) mass is 276 g/mol. The van der Waals surface area contributed by atoms with E-state index in [1.807, 2.05) is 6.07 Å². The molecule has 7 nitrogen and oxygen atoms in total.